The summed E-state index contributed by atoms with van der Waals surface area (Å²) < 4.78 is 13.3. The first-order chi connectivity index (χ1) is 9.11. The third-order valence-corrected chi connectivity index (χ3v) is 3.16. The van der Waals surface area contributed by atoms with Crippen LogP contribution in [0.3, 0.4) is 0 Å². The van der Waals surface area contributed by atoms with Crippen molar-refractivity contribution in [3.63, 3.8) is 0 Å². The SMILES string of the molecule is CCCC1NC(=O)CCN(c2cccc(F)c2)C1=O. The summed E-state index contributed by atoms with van der Waals surface area (Å²) in [6.07, 6.45) is 1.63. The number of hydrogen-bond acceptors (Lipinski definition) is 2. The summed E-state index contributed by atoms with van der Waals surface area (Å²) in [7, 11) is 0. The van der Waals surface area contributed by atoms with Crippen LogP contribution in [0.15, 0.2) is 24.3 Å². The van der Waals surface area contributed by atoms with Gasteiger partial charge in [0.15, 0.2) is 0 Å². The maximum atomic E-state index is 13.3. The molecule has 0 spiro atoms. The smallest absolute Gasteiger partial charge is 0.249 e. The summed E-state index contributed by atoms with van der Waals surface area (Å²) in [4.78, 5) is 25.5. The Bertz CT molecular complexity index is 490. The van der Waals surface area contributed by atoms with E-state index in [1.54, 1.807) is 12.1 Å². The summed E-state index contributed by atoms with van der Waals surface area (Å²) in [5.74, 6) is -0.690. The molecule has 0 bridgehead atoms. The molecule has 1 aliphatic rings. The number of nitrogens with zero attached hydrogens (tertiary/aromatic N) is 1. The first kappa shape index (κ1) is 13.5. The molecule has 5 heteroatoms. The summed E-state index contributed by atoms with van der Waals surface area (Å²) in [6, 6.07) is 5.38. The van der Waals surface area contributed by atoms with Gasteiger partial charge in [-0.05, 0) is 24.6 Å². The number of carbonyl (C=O) groups excluding carboxylic acids is 2. The van der Waals surface area contributed by atoms with Gasteiger partial charge < -0.3 is 10.2 Å². The zero-order chi connectivity index (χ0) is 13.8. The predicted octanol–water partition coefficient (Wildman–Crippen LogP) is 1.85. The lowest BCUT2D eigenvalue weighted by molar-refractivity contribution is -0.125. The quantitative estimate of drug-likeness (QED) is 0.905. The van der Waals surface area contributed by atoms with Gasteiger partial charge in [0.25, 0.3) is 0 Å². The average Bonchev–Trinajstić information content (AvgIpc) is 2.51. The van der Waals surface area contributed by atoms with E-state index in [1.807, 2.05) is 6.92 Å². The largest absolute Gasteiger partial charge is 0.344 e. The van der Waals surface area contributed by atoms with Gasteiger partial charge in [-0.15, -0.1) is 0 Å². The van der Waals surface area contributed by atoms with Crippen LogP contribution in [0, 0.1) is 5.82 Å². The Labute approximate surface area is 111 Å². The second-order valence-electron chi connectivity index (χ2n) is 4.63. The number of benzene rings is 1. The van der Waals surface area contributed by atoms with Crippen molar-refractivity contribution in [3.05, 3.63) is 30.1 Å². The molecule has 1 fully saturated rings. The van der Waals surface area contributed by atoms with Gasteiger partial charge in [0.1, 0.15) is 11.9 Å². The number of amides is 2. The van der Waals surface area contributed by atoms with Gasteiger partial charge in [0.2, 0.25) is 11.8 Å². The van der Waals surface area contributed by atoms with E-state index in [4.69, 9.17) is 0 Å². The predicted molar refractivity (Wildman–Crippen MR) is 70.2 cm³/mol. The van der Waals surface area contributed by atoms with Crippen molar-refractivity contribution in [2.75, 3.05) is 11.4 Å². The van der Waals surface area contributed by atoms with Crippen LogP contribution in [-0.2, 0) is 9.59 Å². The van der Waals surface area contributed by atoms with Crippen LogP contribution in [0.5, 0.6) is 0 Å². The summed E-state index contributed by atoms with van der Waals surface area (Å²) >= 11 is 0. The van der Waals surface area contributed by atoms with Gasteiger partial charge in [-0.3, -0.25) is 9.59 Å². The van der Waals surface area contributed by atoms with Crippen molar-refractivity contribution in [2.45, 2.75) is 32.2 Å². The Hall–Kier alpha value is -1.91. The van der Waals surface area contributed by atoms with E-state index in [-0.39, 0.29) is 30.6 Å². The highest BCUT2D eigenvalue weighted by Gasteiger charge is 2.29. The highest BCUT2D eigenvalue weighted by molar-refractivity contribution is 6.01. The summed E-state index contributed by atoms with van der Waals surface area (Å²) in [6.45, 7) is 2.24. The molecule has 1 unspecified atom stereocenters. The third-order valence-electron chi connectivity index (χ3n) is 3.16. The molecule has 1 aromatic rings. The number of anilines is 1. The monoisotopic (exact) mass is 264 g/mol. The van der Waals surface area contributed by atoms with Gasteiger partial charge in [-0.25, -0.2) is 4.39 Å². The minimum absolute atomic E-state index is 0.134. The fraction of sp³-hybridized carbons (Fsp3) is 0.429. The standard InChI is InChI=1S/C14H17FN2O2/c1-2-4-12-14(19)17(8-7-13(18)16-12)11-6-3-5-10(15)9-11/h3,5-6,9,12H,2,4,7-8H2,1H3,(H,16,18). The molecule has 1 aliphatic heterocycles. The molecule has 2 rings (SSSR count). The maximum absolute atomic E-state index is 13.3. The maximum Gasteiger partial charge on any atom is 0.249 e. The van der Waals surface area contributed by atoms with Crippen molar-refractivity contribution in [1.82, 2.24) is 5.32 Å². The number of rotatable bonds is 3. The van der Waals surface area contributed by atoms with E-state index in [1.165, 1.54) is 17.0 Å². The Balaban J connectivity index is 2.28. The van der Waals surface area contributed by atoms with Gasteiger partial charge >= 0.3 is 0 Å². The minimum Gasteiger partial charge on any atom is -0.344 e. The molecule has 2 amide bonds. The molecule has 0 aliphatic carbocycles. The van der Waals surface area contributed by atoms with Gasteiger partial charge in [0.05, 0.1) is 0 Å². The van der Waals surface area contributed by atoms with Crippen molar-refractivity contribution in [2.24, 2.45) is 0 Å². The van der Waals surface area contributed by atoms with Crippen LogP contribution in [0.1, 0.15) is 26.2 Å². The van der Waals surface area contributed by atoms with Gasteiger partial charge in [-0.2, -0.15) is 0 Å². The van der Waals surface area contributed by atoms with Crippen LogP contribution < -0.4 is 10.2 Å². The first-order valence-electron chi connectivity index (χ1n) is 6.48. The average molecular weight is 264 g/mol. The highest BCUT2D eigenvalue weighted by Crippen LogP contribution is 2.19. The van der Waals surface area contributed by atoms with Crippen molar-refractivity contribution in [1.29, 1.82) is 0 Å². The molecule has 19 heavy (non-hydrogen) atoms. The fourth-order valence-electron chi connectivity index (χ4n) is 2.22. The summed E-state index contributed by atoms with van der Waals surface area (Å²) in [5.41, 5.74) is 0.502. The molecule has 1 heterocycles. The topological polar surface area (TPSA) is 49.4 Å². The Kier molecular flexibility index (Phi) is 4.14. The van der Waals surface area contributed by atoms with Crippen LogP contribution >= 0.6 is 0 Å². The van der Waals surface area contributed by atoms with Gasteiger partial charge in [-0.1, -0.05) is 19.4 Å². The Morgan fingerprint density at radius 1 is 1.42 bits per heavy atom. The molecular weight excluding hydrogens is 247 g/mol. The second kappa shape index (κ2) is 5.82. The lowest BCUT2D eigenvalue weighted by Gasteiger charge is -2.24. The van der Waals surface area contributed by atoms with Crippen molar-refractivity contribution in [3.8, 4) is 0 Å². The van der Waals surface area contributed by atoms with E-state index in [2.05, 4.69) is 5.32 Å². The van der Waals surface area contributed by atoms with Crippen LogP contribution in [-0.4, -0.2) is 24.4 Å². The molecule has 4 nitrogen and oxygen atoms in total. The van der Waals surface area contributed by atoms with E-state index < -0.39 is 6.04 Å². The first-order valence-corrected chi connectivity index (χ1v) is 6.48. The van der Waals surface area contributed by atoms with Crippen LogP contribution in [0.25, 0.3) is 0 Å². The number of hydrogen-bond donors (Lipinski definition) is 1. The van der Waals surface area contributed by atoms with Crippen molar-refractivity contribution >= 4 is 17.5 Å². The lowest BCUT2D eigenvalue weighted by Crippen LogP contribution is -2.44. The van der Waals surface area contributed by atoms with Crippen molar-refractivity contribution < 1.29 is 14.0 Å². The molecule has 1 atom stereocenters. The zero-order valence-electron chi connectivity index (χ0n) is 10.9. The third kappa shape index (κ3) is 3.10. The van der Waals surface area contributed by atoms with E-state index >= 15 is 0 Å². The molecule has 1 aromatic carbocycles. The minimum atomic E-state index is -0.511. The molecule has 102 valence electrons. The molecule has 0 saturated carbocycles. The molecule has 1 saturated heterocycles. The fourth-order valence-corrected chi connectivity index (χ4v) is 2.22. The lowest BCUT2D eigenvalue weighted by atomic mass is 10.1. The normalized spacial score (nSPS) is 20.1. The number of halogens is 1. The number of nitrogens with one attached hydrogen (secondary N) is 1. The Morgan fingerprint density at radius 2 is 2.21 bits per heavy atom. The molecule has 0 radical (unpaired) electrons. The van der Waals surface area contributed by atoms with E-state index in [0.717, 1.165) is 6.42 Å². The molecule has 0 aromatic heterocycles. The zero-order valence-corrected chi connectivity index (χ0v) is 10.9. The molecular formula is C14H17FN2O2. The highest BCUT2D eigenvalue weighted by atomic mass is 19.1. The van der Waals surface area contributed by atoms with E-state index in [0.29, 0.717) is 12.1 Å². The molecule has 1 N–H and O–H groups in total. The number of carbonyl (C=O) groups is 2. The van der Waals surface area contributed by atoms with Crippen LogP contribution in [0.2, 0.25) is 0 Å². The van der Waals surface area contributed by atoms with E-state index in [9.17, 15) is 14.0 Å². The summed E-state index contributed by atoms with van der Waals surface area (Å²) in [5, 5.41) is 2.72. The Morgan fingerprint density at radius 3 is 2.89 bits per heavy atom. The van der Waals surface area contributed by atoms with Gasteiger partial charge in [0, 0.05) is 18.7 Å². The second-order valence-corrected chi connectivity index (χ2v) is 4.63. The van der Waals surface area contributed by atoms with Crippen LogP contribution in [0.4, 0.5) is 10.1 Å².